The second kappa shape index (κ2) is 5.93. The summed E-state index contributed by atoms with van der Waals surface area (Å²) >= 11 is 0. The van der Waals surface area contributed by atoms with E-state index in [4.69, 9.17) is 5.11 Å². The molecular weight excluding hydrogens is 285 g/mol. The van der Waals surface area contributed by atoms with Crippen molar-refractivity contribution in [2.45, 2.75) is 25.1 Å². The molecule has 116 valence electrons. The number of carboxylic acids is 1. The lowest BCUT2D eigenvalue weighted by Crippen LogP contribution is -2.37. The van der Waals surface area contributed by atoms with Crippen LogP contribution in [-0.2, 0) is 6.18 Å². The van der Waals surface area contributed by atoms with E-state index in [2.05, 4.69) is 10.2 Å². The molecule has 0 atom stereocenters. The molecule has 1 fully saturated rings. The minimum Gasteiger partial charge on any atom is -0.478 e. The fourth-order valence-electron chi connectivity index (χ4n) is 2.40. The van der Waals surface area contributed by atoms with E-state index in [1.165, 1.54) is 6.07 Å². The van der Waals surface area contributed by atoms with Gasteiger partial charge in [0.1, 0.15) is 0 Å². The summed E-state index contributed by atoms with van der Waals surface area (Å²) < 4.78 is 37.9. The molecule has 2 rings (SSSR count). The number of rotatable bonds is 3. The molecule has 0 spiro atoms. The molecule has 1 saturated heterocycles. The number of piperidine rings is 1. The molecule has 1 aliphatic heterocycles. The molecule has 0 aliphatic carbocycles. The molecule has 7 heteroatoms. The van der Waals surface area contributed by atoms with Crippen molar-refractivity contribution in [3.05, 3.63) is 29.3 Å². The van der Waals surface area contributed by atoms with Crippen molar-refractivity contribution >= 4 is 11.7 Å². The van der Waals surface area contributed by atoms with E-state index in [1.807, 2.05) is 7.05 Å². The minimum absolute atomic E-state index is 0.0797. The average molecular weight is 302 g/mol. The Hall–Kier alpha value is -1.76. The molecule has 1 heterocycles. The summed E-state index contributed by atoms with van der Waals surface area (Å²) in [5.74, 6) is -1.36. The summed E-state index contributed by atoms with van der Waals surface area (Å²) in [6.07, 6.45) is -2.89. The average Bonchev–Trinajstić information content (AvgIpc) is 2.40. The van der Waals surface area contributed by atoms with Crippen LogP contribution in [0.1, 0.15) is 28.8 Å². The van der Waals surface area contributed by atoms with Crippen LogP contribution in [0.15, 0.2) is 18.2 Å². The molecule has 0 amide bonds. The smallest absolute Gasteiger partial charge is 0.416 e. The number of carbonyl (C=O) groups is 1. The van der Waals surface area contributed by atoms with Gasteiger partial charge in [-0.3, -0.25) is 0 Å². The molecule has 0 saturated carbocycles. The zero-order chi connectivity index (χ0) is 15.6. The van der Waals surface area contributed by atoms with Crippen molar-refractivity contribution in [1.82, 2.24) is 4.90 Å². The van der Waals surface area contributed by atoms with Crippen molar-refractivity contribution in [3.63, 3.8) is 0 Å². The van der Waals surface area contributed by atoms with Crippen LogP contribution in [0.4, 0.5) is 18.9 Å². The van der Waals surface area contributed by atoms with E-state index >= 15 is 0 Å². The van der Waals surface area contributed by atoms with Gasteiger partial charge in [-0.1, -0.05) is 0 Å². The van der Waals surface area contributed by atoms with Crippen LogP contribution in [0.25, 0.3) is 0 Å². The van der Waals surface area contributed by atoms with Crippen LogP contribution < -0.4 is 5.32 Å². The summed E-state index contributed by atoms with van der Waals surface area (Å²) in [7, 11) is 2.00. The minimum atomic E-state index is -4.55. The second-order valence-corrected chi connectivity index (χ2v) is 5.29. The van der Waals surface area contributed by atoms with Crippen molar-refractivity contribution in [3.8, 4) is 0 Å². The lowest BCUT2D eigenvalue weighted by Gasteiger charge is -2.30. The molecule has 2 N–H and O–H groups in total. The highest BCUT2D eigenvalue weighted by molar-refractivity contribution is 5.94. The Morgan fingerprint density at radius 2 is 1.95 bits per heavy atom. The van der Waals surface area contributed by atoms with Gasteiger partial charge in [0.2, 0.25) is 0 Å². The van der Waals surface area contributed by atoms with Crippen molar-refractivity contribution in [2.75, 3.05) is 25.5 Å². The van der Waals surface area contributed by atoms with Gasteiger partial charge in [-0.25, -0.2) is 4.79 Å². The zero-order valence-corrected chi connectivity index (χ0v) is 11.6. The molecule has 0 aromatic heterocycles. The molecule has 0 bridgehead atoms. The highest BCUT2D eigenvalue weighted by Crippen LogP contribution is 2.32. The maximum atomic E-state index is 12.6. The van der Waals surface area contributed by atoms with Gasteiger partial charge in [0.15, 0.2) is 0 Å². The Kier molecular flexibility index (Phi) is 4.41. The van der Waals surface area contributed by atoms with Gasteiger partial charge in [-0.15, -0.1) is 0 Å². The number of nitrogens with zero attached hydrogens (tertiary/aromatic N) is 1. The molecule has 1 aliphatic rings. The highest BCUT2D eigenvalue weighted by Gasteiger charge is 2.32. The number of hydrogen-bond acceptors (Lipinski definition) is 3. The molecular formula is C14H17F3N2O2. The number of carboxylic acid groups (broad SMARTS) is 1. The topological polar surface area (TPSA) is 52.6 Å². The Bertz CT molecular complexity index is 523. The predicted molar refractivity (Wildman–Crippen MR) is 72.5 cm³/mol. The number of halogens is 3. The van der Waals surface area contributed by atoms with Crippen LogP contribution in [0.2, 0.25) is 0 Å². The van der Waals surface area contributed by atoms with Crippen molar-refractivity contribution in [2.24, 2.45) is 0 Å². The molecule has 1 aromatic carbocycles. The monoisotopic (exact) mass is 302 g/mol. The largest absolute Gasteiger partial charge is 0.478 e. The SMILES string of the molecule is CN1CCC(Nc2ccc(C(F)(F)F)cc2C(=O)O)CC1. The Balaban J connectivity index is 2.21. The zero-order valence-electron chi connectivity index (χ0n) is 11.6. The predicted octanol–water partition coefficient (Wildman–Crippen LogP) is 2.91. The second-order valence-electron chi connectivity index (χ2n) is 5.29. The Morgan fingerprint density at radius 3 is 2.48 bits per heavy atom. The lowest BCUT2D eigenvalue weighted by molar-refractivity contribution is -0.137. The molecule has 0 radical (unpaired) electrons. The third-order valence-corrected chi connectivity index (χ3v) is 3.66. The quantitative estimate of drug-likeness (QED) is 0.901. The van der Waals surface area contributed by atoms with Gasteiger partial charge in [0, 0.05) is 11.7 Å². The van der Waals surface area contributed by atoms with Gasteiger partial charge in [0.05, 0.1) is 11.1 Å². The van der Waals surface area contributed by atoms with Crippen LogP contribution in [0.3, 0.4) is 0 Å². The van der Waals surface area contributed by atoms with Crippen LogP contribution in [0.5, 0.6) is 0 Å². The summed E-state index contributed by atoms with van der Waals surface area (Å²) in [6.45, 7) is 1.75. The lowest BCUT2D eigenvalue weighted by atomic mass is 10.0. The third-order valence-electron chi connectivity index (χ3n) is 3.66. The first-order valence-electron chi connectivity index (χ1n) is 6.67. The fourth-order valence-corrected chi connectivity index (χ4v) is 2.40. The van der Waals surface area contributed by atoms with Crippen molar-refractivity contribution in [1.29, 1.82) is 0 Å². The highest BCUT2D eigenvalue weighted by atomic mass is 19.4. The summed E-state index contributed by atoms with van der Waals surface area (Å²) in [6, 6.07) is 2.87. The van der Waals surface area contributed by atoms with Gasteiger partial charge in [0.25, 0.3) is 0 Å². The number of aromatic carboxylic acids is 1. The normalized spacial score (nSPS) is 17.7. The summed E-state index contributed by atoms with van der Waals surface area (Å²) in [5.41, 5.74) is -1.05. The van der Waals surface area contributed by atoms with Gasteiger partial charge in [-0.05, 0) is 51.2 Å². The number of likely N-dealkylation sites (tertiary alicyclic amines) is 1. The standard InChI is InChI=1S/C14H17F3N2O2/c1-19-6-4-10(5-7-19)18-12-3-2-9(14(15,16)17)8-11(12)13(20)21/h2-3,8,10,18H,4-7H2,1H3,(H,20,21). The maximum Gasteiger partial charge on any atom is 0.416 e. The Labute approximate surface area is 120 Å². The maximum absolute atomic E-state index is 12.6. The van der Waals surface area contributed by atoms with Crippen molar-refractivity contribution < 1.29 is 23.1 Å². The first-order valence-corrected chi connectivity index (χ1v) is 6.67. The molecule has 0 unspecified atom stereocenters. The summed E-state index contributed by atoms with van der Waals surface area (Å²) in [4.78, 5) is 13.3. The molecule has 1 aromatic rings. The van der Waals surface area contributed by atoms with Crippen LogP contribution >= 0.6 is 0 Å². The third kappa shape index (κ3) is 3.87. The van der Waals surface area contributed by atoms with Gasteiger partial charge in [-0.2, -0.15) is 13.2 Å². The first kappa shape index (κ1) is 15.6. The number of benzene rings is 1. The van der Waals surface area contributed by atoms with Gasteiger partial charge >= 0.3 is 12.1 Å². The van der Waals surface area contributed by atoms with E-state index in [9.17, 15) is 18.0 Å². The van der Waals surface area contributed by atoms with Crippen LogP contribution in [-0.4, -0.2) is 42.2 Å². The van der Waals surface area contributed by atoms with Crippen LogP contribution in [0, 0.1) is 0 Å². The molecule has 21 heavy (non-hydrogen) atoms. The number of alkyl halides is 3. The fraction of sp³-hybridized carbons (Fsp3) is 0.500. The van der Waals surface area contributed by atoms with Gasteiger partial charge < -0.3 is 15.3 Å². The first-order chi connectivity index (χ1) is 9.77. The number of nitrogens with one attached hydrogen (secondary N) is 1. The van der Waals surface area contributed by atoms with E-state index in [-0.39, 0.29) is 17.3 Å². The van der Waals surface area contributed by atoms with E-state index in [0.29, 0.717) is 6.07 Å². The number of anilines is 1. The van der Waals surface area contributed by atoms with E-state index in [1.54, 1.807) is 0 Å². The summed E-state index contributed by atoms with van der Waals surface area (Å²) in [5, 5.41) is 12.2. The van der Waals surface area contributed by atoms with E-state index < -0.39 is 17.7 Å². The van der Waals surface area contributed by atoms with E-state index in [0.717, 1.165) is 32.0 Å². The Morgan fingerprint density at radius 1 is 1.33 bits per heavy atom. The number of hydrogen-bond donors (Lipinski definition) is 2. The molecule has 4 nitrogen and oxygen atoms in total.